The third kappa shape index (κ3) is 4.08. The quantitative estimate of drug-likeness (QED) is 0.544. The molecule has 0 N–H and O–H groups in total. The molecule has 0 saturated carbocycles. The smallest absolute Gasteiger partial charge is 0.416 e. The fourth-order valence-corrected chi connectivity index (χ4v) is 2.48. The number of alkyl halides is 3. The first-order valence-corrected chi connectivity index (χ1v) is 7.80. The average molecular weight is 364 g/mol. The third-order valence-electron chi connectivity index (χ3n) is 3.83. The van der Waals surface area contributed by atoms with Crippen LogP contribution in [0.15, 0.2) is 65.1 Å². The maximum atomic E-state index is 12.9. The molecular weight excluding hydrogens is 353 g/mol. The van der Waals surface area contributed by atoms with Crippen molar-refractivity contribution in [3.63, 3.8) is 0 Å². The molecule has 0 bridgehead atoms. The van der Waals surface area contributed by atoms with E-state index in [1.165, 1.54) is 18.2 Å². The van der Waals surface area contributed by atoms with Crippen LogP contribution in [0.2, 0.25) is 0 Å². The lowest BCUT2D eigenvalue weighted by atomic mass is 10.0. The number of nitrogens with zero attached hydrogens (tertiary/aromatic N) is 2. The standard InChI is InChI=1S/C21H11F3N2O/c22-21(23,24)18-3-1-2-16(10-18)20-9-8-19(27-20)11-17(13-26)15-6-4-14(12-25)5-7-15/h1-11H/b17-11-. The van der Waals surface area contributed by atoms with Crippen molar-refractivity contribution in [2.24, 2.45) is 0 Å². The van der Waals surface area contributed by atoms with Crippen LogP contribution in [0.5, 0.6) is 0 Å². The highest BCUT2D eigenvalue weighted by molar-refractivity contribution is 5.89. The molecule has 0 aliphatic rings. The van der Waals surface area contributed by atoms with Crippen LogP contribution < -0.4 is 0 Å². The van der Waals surface area contributed by atoms with Gasteiger partial charge in [-0.2, -0.15) is 23.7 Å². The molecule has 3 nitrogen and oxygen atoms in total. The topological polar surface area (TPSA) is 60.7 Å². The van der Waals surface area contributed by atoms with Gasteiger partial charge in [0, 0.05) is 5.56 Å². The Balaban J connectivity index is 1.92. The molecule has 3 aromatic rings. The minimum atomic E-state index is -4.44. The van der Waals surface area contributed by atoms with Gasteiger partial charge in [0.15, 0.2) is 0 Å². The second-order valence-corrected chi connectivity index (χ2v) is 5.64. The van der Waals surface area contributed by atoms with E-state index in [1.807, 2.05) is 6.07 Å². The first kappa shape index (κ1) is 18.0. The number of halogens is 3. The van der Waals surface area contributed by atoms with Gasteiger partial charge in [-0.15, -0.1) is 0 Å². The number of benzene rings is 2. The zero-order valence-electron chi connectivity index (χ0n) is 13.8. The molecule has 132 valence electrons. The van der Waals surface area contributed by atoms with Crippen LogP contribution in [0.25, 0.3) is 23.0 Å². The molecule has 0 fully saturated rings. The molecule has 0 saturated heterocycles. The van der Waals surface area contributed by atoms with E-state index in [4.69, 9.17) is 9.68 Å². The lowest BCUT2D eigenvalue weighted by Gasteiger charge is -2.07. The van der Waals surface area contributed by atoms with Crippen molar-refractivity contribution < 1.29 is 17.6 Å². The van der Waals surface area contributed by atoms with Gasteiger partial charge in [-0.1, -0.05) is 24.3 Å². The zero-order valence-corrected chi connectivity index (χ0v) is 13.8. The fourth-order valence-electron chi connectivity index (χ4n) is 2.48. The summed E-state index contributed by atoms with van der Waals surface area (Å²) in [4.78, 5) is 0. The molecular formula is C21H11F3N2O. The van der Waals surface area contributed by atoms with Gasteiger partial charge in [0.1, 0.15) is 11.5 Å². The van der Waals surface area contributed by atoms with Gasteiger partial charge in [0.05, 0.1) is 28.8 Å². The lowest BCUT2D eigenvalue weighted by Crippen LogP contribution is -2.04. The molecule has 6 heteroatoms. The second-order valence-electron chi connectivity index (χ2n) is 5.64. The van der Waals surface area contributed by atoms with E-state index in [0.717, 1.165) is 12.1 Å². The van der Waals surface area contributed by atoms with Crippen molar-refractivity contribution in [1.29, 1.82) is 10.5 Å². The van der Waals surface area contributed by atoms with Crippen LogP contribution in [0.1, 0.15) is 22.5 Å². The highest BCUT2D eigenvalue weighted by Crippen LogP contribution is 2.33. The van der Waals surface area contributed by atoms with Crippen molar-refractivity contribution in [1.82, 2.24) is 0 Å². The molecule has 2 aromatic carbocycles. The number of rotatable bonds is 3. The van der Waals surface area contributed by atoms with Gasteiger partial charge in [-0.05, 0) is 48.0 Å². The van der Waals surface area contributed by atoms with Crippen LogP contribution in [-0.4, -0.2) is 0 Å². The van der Waals surface area contributed by atoms with E-state index >= 15 is 0 Å². The van der Waals surface area contributed by atoms with E-state index in [0.29, 0.717) is 28.0 Å². The monoisotopic (exact) mass is 364 g/mol. The summed E-state index contributed by atoms with van der Waals surface area (Å²) in [6.07, 6.45) is -2.94. The summed E-state index contributed by atoms with van der Waals surface area (Å²) in [5, 5.41) is 18.2. The summed E-state index contributed by atoms with van der Waals surface area (Å²) >= 11 is 0. The molecule has 0 unspecified atom stereocenters. The molecule has 0 radical (unpaired) electrons. The lowest BCUT2D eigenvalue weighted by molar-refractivity contribution is -0.137. The Hall–Kier alpha value is -3.77. The number of nitriles is 2. The van der Waals surface area contributed by atoms with Crippen LogP contribution in [0.3, 0.4) is 0 Å². The van der Waals surface area contributed by atoms with Crippen molar-refractivity contribution in [2.45, 2.75) is 6.18 Å². The summed E-state index contributed by atoms with van der Waals surface area (Å²) in [5.74, 6) is 0.604. The predicted octanol–water partition coefficient (Wildman–Crippen LogP) is 5.90. The van der Waals surface area contributed by atoms with Crippen LogP contribution >= 0.6 is 0 Å². The zero-order chi connectivity index (χ0) is 19.4. The first-order chi connectivity index (χ1) is 12.9. The van der Waals surface area contributed by atoms with Gasteiger partial charge < -0.3 is 4.42 Å². The number of furan rings is 1. The number of allylic oxidation sites excluding steroid dienone is 1. The molecule has 27 heavy (non-hydrogen) atoms. The van der Waals surface area contributed by atoms with E-state index in [1.54, 1.807) is 36.4 Å². The maximum absolute atomic E-state index is 12.9. The third-order valence-corrected chi connectivity index (χ3v) is 3.83. The van der Waals surface area contributed by atoms with Crippen LogP contribution in [0.4, 0.5) is 13.2 Å². The molecule has 0 spiro atoms. The SMILES string of the molecule is N#C/C(=C/c1ccc(-c2cccc(C(F)(F)F)c2)o1)c1ccc(C#N)cc1. The first-order valence-electron chi connectivity index (χ1n) is 7.80. The minimum absolute atomic E-state index is 0.268. The van der Waals surface area contributed by atoms with Gasteiger partial charge in [-0.3, -0.25) is 0 Å². The van der Waals surface area contributed by atoms with E-state index < -0.39 is 11.7 Å². The molecule has 0 aliphatic heterocycles. The maximum Gasteiger partial charge on any atom is 0.416 e. The second kappa shape index (κ2) is 7.23. The normalized spacial score (nSPS) is 11.7. The highest BCUT2D eigenvalue weighted by atomic mass is 19.4. The molecule has 0 atom stereocenters. The minimum Gasteiger partial charge on any atom is -0.457 e. The Labute approximate surface area is 153 Å². The summed E-state index contributed by atoms with van der Waals surface area (Å²) in [7, 11) is 0. The van der Waals surface area contributed by atoms with Gasteiger partial charge in [0.2, 0.25) is 0 Å². The Bertz CT molecular complexity index is 1080. The Morgan fingerprint density at radius 1 is 0.963 bits per heavy atom. The molecule has 1 heterocycles. The Morgan fingerprint density at radius 3 is 2.33 bits per heavy atom. The van der Waals surface area contributed by atoms with Crippen molar-refractivity contribution in [3.8, 4) is 23.5 Å². The van der Waals surface area contributed by atoms with E-state index in [2.05, 4.69) is 6.07 Å². The van der Waals surface area contributed by atoms with Crippen molar-refractivity contribution >= 4 is 11.6 Å². The highest BCUT2D eigenvalue weighted by Gasteiger charge is 2.30. The predicted molar refractivity (Wildman–Crippen MR) is 93.8 cm³/mol. The molecule has 1 aromatic heterocycles. The van der Waals surface area contributed by atoms with Crippen LogP contribution in [0, 0.1) is 22.7 Å². The van der Waals surface area contributed by atoms with Gasteiger partial charge >= 0.3 is 6.18 Å². The summed E-state index contributed by atoms with van der Waals surface area (Å²) in [6.45, 7) is 0. The molecule has 0 amide bonds. The largest absolute Gasteiger partial charge is 0.457 e. The summed E-state index contributed by atoms with van der Waals surface area (Å²) < 4.78 is 44.1. The summed E-state index contributed by atoms with van der Waals surface area (Å²) in [6, 6.07) is 18.5. The average Bonchev–Trinajstić information content (AvgIpc) is 3.14. The van der Waals surface area contributed by atoms with Gasteiger partial charge in [0.25, 0.3) is 0 Å². The number of hydrogen-bond donors (Lipinski definition) is 0. The Morgan fingerprint density at radius 2 is 1.70 bits per heavy atom. The van der Waals surface area contributed by atoms with Crippen molar-refractivity contribution in [2.75, 3.05) is 0 Å². The van der Waals surface area contributed by atoms with Crippen molar-refractivity contribution in [3.05, 3.63) is 83.1 Å². The van der Waals surface area contributed by atoms with Gasteiger partial charge in [-0.25, -0.2) is 0 Å². The molecule has 0 aliphatic carbocycles. The Kier molecular flexibility index (Phi) is 4.83. The molecule has 3 rings (SSSR count). The fraction of sp³-hybridized carbons (Fsp3) is 0.0476. The summed E-state index contributed by atoms with van der Waals surface area (Å²) in [5.41, 5.74) is 0.920. The van der Waals surface area contributed by atoms with E-state index in [9.17, 15) is 18.4 Å². The van der Waals surface area contributed by atoms with E-state index in [-0.39, 0.29) is 5.76 Å². The van der Waals surface area contributed by atoms with Crippen LogP contribution in [-0.2, 0) is 6.18 Å². The number of hydrogen-bond acceptors (Lipinski definition) is 3.